The van der Waals surface area contributed by atoms with Gasteiger partial charge in [-0.25, -0.2) is 0 Å². The van der Waals surface area contributed by atoms with Crippen molar-refractivity contribution >= 4 is 23.3 Å². The summed E-state index contributed by atoms with van der Waals surface area (Å²) >= 11 is 0. The Morgan fingerprint density at radius 2 is 1.36 bits per heavy atom. The number of hydrogen-bond acceptors (Lipinski definition) is 11. The van der Waals surface area contributed by atoms with E-state index in [4.69, 9.17) is 0 Å². The highest BCUT2D eigenvalue weighted by atomic mass is 16.3. The lowest BCUT2D eigenvalue weighted by Gasteiger charge is -2.37. The van der Waals surface area contributed by atoms with Crippen molar-refractivity contribution in [2.45, 2.75) is 66.0 Å². The number of fused-ring (bicyclic) bond motifs is 15. The number of hydrogen-bond donors (Lipinski definition) is 8. The summed E-state index contributed by atoms with van der Waals surface area (Å²) in [6.45, 7) is 7.51. The van der Waals surface area contributed by atoms with Crippen LogP contribution in [0.5, 0.6) is 5.75 Å². The molecule has 9 atom stereocenters. The van der Waals surface area contributed by atoms with E-state index in [0.717, 1.165) is 12.2 Å². The summed E-state index contributed by atoms with van der Waals surface area (Å²) in [4.78, 5) is 53.6. The summed E-state index contributed by atoms with van der Waals surface area (Å²) in [6, 6.07) is 1.21. The Kier molecular flexibility index (Phi) is 12.4. The van der Waals surface area contributed by atoms with Crippen molar-refractivity contribution in [3.63, 3.8) is 0 Å². The Morgan fingerprint density at radius 3 is 1.94 bits per heavy atom. The SMILES string of the molecule is CC1=CC=CC(C)C(O)C(C)C(O)C(C)C(O)C(C)C(O)C(CO)C=C(CO)C(=O)c2c(O)c(C)cc3c2C(=O)C=C(NC1=O)C3=O. The Labute approximate surface area is 273 Å². The van der Waals surface area contributed by atoms with E-state index in [1.807, 2.05) is 0 Å². The zero-order valence-electron chi connectivity index (χ0n) is 27.3. The maximum absolute atomic E-state index is 13.8. The average molecular weight is 656 g/mol. The molecule has 1 aromatic carbocycles. The van der Waals surface area contributed by atoms with Gasteiger partial charge in [-0.3, -0.25) is 19.2 Å². The molecule has 4 rings (SSSR count). The fourth-order valence-electron chi connectivity index (χ4n) is 6.07. The molecule has 0 radical (unpaired) electrons. The predicted octanol–water partition coefficient (Wildman–Crippen LogP) is 1.29. The molecule has 0 aromatic heterocycles. The fraction of sp³-hybridized carbons (Fsp3) is 0.486. The fourth-order valence-corrected chi connectivity index (χ4v) is 6.07. The van der Waals surface area contributed by atoms with Gasteiger partial charge in [0.2, 0.25) is 5.78 Å². The van der Waals surface area contributed by atoms with Crippen molar-refractivity contribution in [1.82, 2.24) is 5.32 Å². The molecule has 8 N–H and O–H groups in total. The van der Waals surface area contributed by atoms with Gasteiger partial charge >= 0.3 is 0 Å². The Balaban J connectivity index is 2.22. The molecule has 2 heterocycles. The molecule has 12 nitrogen and oxygen atoms in total. The van der Waals surface area contributed by atoms with Crippen molar-refractivity contribution in [2.24, 2.45) is 29.6 Å². The monoisotopic (exact) mass is 655 g/mol. The minimum absolute atomic E-state index is 0.0541. The number of ketones is 3. The number of carbonyl (C=O) groups is 4. The van der Waals surface area contributed by atoms with Crippen LogP contribution in [0.4, 0.5) is 0 Å². The van der Waals surface area contributed by atoms with Gasteiger partial charge in [0.25, 0.3) is 5.91 Å². The number of phenolic OH excluding ortho intramolecular Hbond substituents is 1. The number of aromatic hydroxyl groups is 1. The number of amides is 1. The van der Waals surface area contributed by atoms with Crippen molar-refractivity contribution in [2.75, 3.05) is 13.2 Å². The molecule has 1 aromatic rings. The summed E-state index contributed by atoms with van der Waals surface area (Å²) in [6.07, 6.45) is 1.33. The number of aryl methyl sites for hydroxylation is 1. The standard InChI is InChI=1S/C35H45NO11/c1-15-8-7-9-16(2)35(47)36-24-12-25(39)26-23(34(24)46)10-17(3)29(41)27(26)33(45)22(14-38)11-21(13-37)32(44)20(6)31(43)19(5)30(42)18(4)28(15)40/h7-12,15,18-21,28,30-32,37-38,40-44H,13-14H2,1-6H3,(H,36,47). The second kappa shape index (κ2) is 15.4. The summed E-state index contributed by atoms with van der Waals surface area (Å²) < 4.78 is 0. The Hall–Kier alpha value is -3.78. The van der Waals surface area contributed by atoms with Crippen LogP contribution >= 0.6 is 0 Å². The van der Waals surface area contributed by atoms with E-state index < -0.39 is 113 Å². The maximum atomic E-state index is 13.8. The van der Waals surface area contributed by atoms with E-state index in [2.05, 4.69) is 5.32 Å². The van der Waals surface area contributed by atoms with Gasteiger partial charge in [-0.15, -0.1) is 0 Å². The third-order valence-electron chi connectivity index (χ3n) is 9.39. The topological polar surface area (TPSA) is 222 Å². The minimum Gasteiger partial charge on any atom is -0.507 e. The highest BCUT2D eigenvalue weighted by Crippen LogP contribution is 2.36. The largest absolute Gasteiger partial charge is 0.507 e. The smallest absolute Gasteiger partial charge is 0.251 e. The average Bonchev–Trinajstić information content (AvgIpc) is 3.05. The van der Waals surface area contributed by atoms with E-state index in [1.54, 1.807) is 26.8 Å². The van der Waals surface area contributed by atoms with E-state index in [-0.39, 0.29) is 22.4 Å². The van der Waals surface area contributed by atoms with Gasteiger partial charge in [-0.05, 0) is 25.5 Å². The quantitative estimate of drug-likeness (QED) is 0.227. The van der Waals surface area contributed by atoms with E-state index >= 15 is 0 Å². The maximum Gasteiger partial charge on any atom is 0.251 e. The third-order valence-corrected chi connectivity index (χ3v) is 9.39. The van der Waals surface area contributed by atoms with Gasteiger partial charge < -0.3 is 41.1 Å². The number of allylic oxidation sites excluding steroid dienone is 4. The Morgan fingerprint density at radius 1 is 0.787 bits per heavy atom. The van der Waals surface area contributed by atoms with Crippen LogP contribution in [0, 0.1) is 36.5 Å². The van der Waals surface area contributed by atoms with Gasteiger partial charge in [0.1, 0.15) is 5.75 Å². The zero-order chi connectivity index (χ0) is 35.5. The predicted molar refractivity (Wildman–Crippen MR) is 171 cm³/mol. The first-order chi connectivity index (χ1) is 22.0. The van der Waals surface area contributed by atoms with Crippen LogP contribution in [0.2, 0.25) is 0 Å². The number of rotatable bonds is 2. The molecule has 0 saturated heterocycles. The molecule has 3 aliphatic rings. The van der Waals surface area contributed by atoms with Crippen LogP contribution in [-0.2, 0) is 4.79 Å². The van der Waals surface area contributed by atoms with Crippen molar-refractivity contribution in [3.8, 4) is 5.75 Å². The number of Topliss-reactive ketones (excluding diaryl/α,β-unsaturated/α-hetero) is 2. The summed E-state index contributed by atoms with van der Waals surface area (Å²) in [5.41, 5.74) is -1.84. The minimum atomic E-state index is -1.50. The first-order valence-electron chi connectivity index (χ1n) is 15.5. The second-order valence-corrected chi connectivity index (χ2v) is 12.7. The normalized spacial score (nSPS) is 31.7. The molecule has 9 unspecified atom stereocenters. The number of aliphatic hydroxyl groups excluding tert-OH is 6. The lowest BCUT2D eigenvalue weighted by Crippen LogP contribution is -2.46. The first-order valence-corrected chi connectivity index (χ1v) is 15.5. The van der Waals surface area contributed by atoms with Crippen molar-refractivity contribution in [1.29, 1.82) is 0 Å². The summed E-state index contributed by atoms with van der Waals surface area (Å²) in [7, 11) is 0. The molecule has 2 aliphatic heterocycles. The zero-order valence-corrected chi connectivity index (χ0v) is 27.3. The molecule has 256 valence electrons. The van der Waals surface area contributed by atoms with E-state index in [0.29, 0.717) is 0 Å². The lowest BCUT2D eigenvalue weighted by molar-refractivity contribution is -0.116. The molecule has 1 aliphatic carbocycles. The molecule has 0 saturated carbocycles. The van der Waals surface area contributed by atoms with Gasteiger partial charge in [0, 0.05) is 57.9 Å². The van der Waals surface area contributed by atoms with E-state index in [1.165, 1.54) is 39.0 Å². The molecule has 4 bridgehead atoms. The molecular formula is C35H45NO11. The highest BCUT2D eigenvalue weighted by Gasteiger charge is 2.39. The highest BCUT2D eigenvalue weighted by molar-refractivity contribution is 6.30. The van der Waals surface area contributed by atoms with Gasteiger partial charge in [-0.1, -0.05) is 52.0 Å². The number of nitrogens with one attached hydrogen (secondary N) is 1. The molecule has 12 heteroatoms. The van der Waals surface area contributed by atoms with Crippen LogP contribution < -0.4 is 5.32 Å². The van der Waals surface area contributed by atoms with Crippen LogP contribution in [-0.4, -0.2) is 96.6 Å². The second-order valence-electron chi connectivity index (χ2n) is 12.7. The van der Waals surface area contributed by atoms with Crippen LogP contribution in [0.25, 0.3) is 0 Å². The number of phenols is 1. The first kappa shape index (κ1) is 37.7. The van der Waals surface area contributed by atoms with E-state index in [9.17, 15) is 54.9 Å². The number of carbonyl (C=O) groups excluding carboxylic acids is 4. The van der Waals surface area contributed by atoms with Crippen LogP contribution in [0.1, 0.15) is 71.3 Å². The summed E-state index contributed by atoms with van der Waals surface area (Å²) in [5.74, 6) is -8.39. The van der Waals surface area contributed by atoms with Gasteiger partial charge in [0.15, 0.2) is 11.6 Å². The molecular weight excluding hydrogens is 610 g/mol. The third kappa shape index (κ3) is 7.69. The number of benzene rings is 1. The van der Waals surface area contributed by atoms with Crippen LogP contribution in [0.3, 0.4) is 0 Å². The van der Waals surface area contributed by atoms with Crippen molar-refractivity contribution in [3.05, 3.63) is 75.5 Å². The lowest BCUT2D eigenvalue weighted by atomic mass is 9.76. The van der Waals surface area contributed by atoms with Gasteiger partial charge in [-0.2, -0.15) is 0 Å². The van der Waals surface area contributed by atoms with Crippen LogP contribution in [0.15, 0.2) is 53.3 Å². The summed E-state index contributed by atoms with van der Waals surface area (Å²) in [5, 5.41) is 78.1. The molecule has 0 fully saturated rings. The van der Waals surface area contributed by atoms with Gasteiger partial charge in [0.05, 0.1) is 48.9 Å². The molecule has 47 heavy (non-hydrogen) atoms. The Bertz CT molecular complexity index is 1540. The number of aliphatic hydroxyl groups is 6. The molecule has 1 amide bonds. The van der Waals surface area contributed by atoms with Crippen molar-refractivity contribution < 1.29 is 54.9 Å². The molecule has 0 spiro atoms.